The Morgan fingerprint density at radius 1 is 0.975 bits per heavy atom. The summed E-state index contributed by atoms with van der Waals surface area (Å²) in [5.74, 6) is -0.501. The standard InChI is InChI=1S/C31H23BrClN3O4/c1-18-8-11-25-23(14-18)28(19-6-4-3-5-7-19)29(35-25)30(37)36-34-17-20-15-21(32)9-12-26(20)40-31(38)24-16-22(33)10-13-27(24)39-2/h3-17,35H,1-2H3,(H,36,37). The van der Waals surface area contributed by atoms with Crippen LogP contribution in [-0.4, -0.2) is 30.2 Å². The Morgan fingerprint density at radius 2 is 1.75 bits per heavy atom. The number of hydrogen-bond donors (Lipinski definition) is 2. The molecular weight excluding hydrogens is 594 g/mol. The first-order valence-electron chi connectivity index (χ1n) is 12.2. The Labute approximate surface area is 243 Å². The summed E-state index contributed by atoms with van der Waals surface area (Å²) in [5, 5.41) is 5.48. The van der Waals surface area contributed by atoms with E-state index in [0.717, 1.165) is 32.1 Å². The fraction of sp³-hybridized carbons (Fsp3) is 0.0645. The van der Waals surface area contributed by atoms with E-state index in [1.165, 1.54) is 19.4 Å². The number of nitrogens with zero attached hydrogens (tertiary/aromatic N) is 1. The van der Waals surface area contributed by atoms with Gasteiger partial charge in [-0.25, -0.2) is 10.2 Å². The Morgan fingerprint density at radius 3 is 2.52 bits per heavy atom. The number of carbonyl (C=O) groups excluding carboxylic acids is 2. The topological polar surface area (TPSA) is 92.8 Å². The quantitative estimate of drug-likeness (QED) is 0.0855. The monoisotopic (exact) mass is 615 g/mol. The summed E-state index contributed by atoms with van der Waals surface area (Å²) < 4.78 is 11.6. The summed E-state index contributed by atoms with van der Waals surface area (Å²) in [5.41, 5.74) is 7.25. The van der Waals surface area contributed by atoms with Gasteiger partial charge in [-0.15, -0.1) is 0 Å². The minimum atomic E-state index is -0.652. The molecule has 0 unspecified atom stereocenters. The fourth-order valence-corrected chi connectivity index (χ4v) is 4.86. The number of fused-ring (bicyclic) bond motifs is 1. The minimum absolute atomic E-state index is 0.177. The number of hydrazone groups is 1. The SMILES string of the molecule is COc1ccc(Cl)cc1C(=O)Oc1ccc(Br)cc1C=NNC(=O)c1[nH]c2ccc(C)cc2c1-c1ccccc1. The number of carbonyl (C=O) groups is 2. The molecule has 9 heteroatoms. The number of H-pyrrole nitrogens is 1. The van der Waals surface area contributed by atoms with Gasteiger partial charge in [0.05, 0.1) is 13.3 Å². The van der Waals surface area contributed by atoms with Crippen LogP contribution in [0.2, 0.25) is 5.02 Å². The molecule has 0 saturated heterocycles. The highest BCUT2D eigenvalue weighted by Gasteiger charge is 2.20. The molecule has 0 fully saturated rings. The van der Waals surface area contributed by atoms with Crippen molar-refractivity contribution in [2.45, 2.75) is 6.92 Å². The number of amides is 1. The molecule has 0 saturated carbocycles. The molecule has 0 aliphatic rings. The predicted molar refractivity (Wildman–Crippen MR) is 161 cm³/mol. The molecule has 40 heavy (non-hydrogen) atoms. The van der Waals surface area contributed by atoms with Crippen molar-refractivity contribution in [1.29, 1.82) is 0 Å². The Balaban J connectivity index is 1.42. The van der Waals surface area contributed by atoms with Gasteiger partial charge in [0.25, 0.3) is 5.91 Å². The number of aromatic nitrogens is 1. The zero-order valence-electron chi connectivity index (χ0n) is 21.5. The van der Waals surface area contributed by atoms with E-state index in [-0.39, 0.29) is 11.3 Å². The molecule has 1 heterocycles. The van der Waals surface area contributed by atoms with Gasteiger partial charge in [-0.2, -0.15) is 5.10 Å². The summed E-state index contributed by atoms with van der Waals surface area (Å²) in [6.45, 7) is 2.01. The number of benzene rings is 4. The molecule has 5 rings (SSSR count). The van der Waals surface area contributed by atoms with E-state index in [4.69, 9.17) is 21.1 Å². The Kier molecular flexibility index (Phi) is 8.00. The molecule has 0 spiro atoms. The van der Waals surface area contributed by atoms with Crippen LogP contribution < -0.4 is 14.9 Å². The van der Waals surface area contributed by atoms with Crippen LogP contribution in [0.15, 0.2) is 94.5 Å². The second-order valence-electron chi connectivity index (χ2n) is 8.91. The number of ether oxygens (including phenoxy) is 2. The lowest BCUT2D eigenvalue weighted by atomic mass is 10.0. The zero-order valence-corrected chi connectivity index (χ0v) is 23.8. The van der Waals surface area contributed by atoms with Crippen LogP contribution in [0.25, 0.3) is 22.0 Å². The Bertz CT molecular complexity index is 1770. The van der Waals surface area contributed by atoms with Crippen molar-refractivity contribution < 1.29 is 19.1 Å². The number of halogens is 2. The predicted octanol–water partition coefficient (Wildman–Crippen LogP) is 7.55. The molecule has 5 aromatic rings. The van der Waals surface area contributed by atoms with Gasteiger partial charge >= 0.3 is 5.97 Å². The molecule has 0 aliphatic carbocycles. The summed E-state index contributed by atoms with van der Waals surface area (Å²) in [6.07, 6.45) is 1.41. The van der Waals surface area contributed by atoms with Crippen LogP contribution >= 0.6 is 27.5 Å². The van der Waals surface area contributed by atoms with Crippen molar-refractivity contribution in [1.82, 2.24) is 10.4 Å². The van der Waals surface area contributed by atoms with Crippen LogP contribution in [0.3, 0.4) is 0 Å². The third-order valence-electron chi connectivity index (χ3n) is 6.17. The maximum atomic E-state index is 13.3. The smallest absolute Gasteiger partial charge is 0.347 e. The molecule has 2 N–H and O–H groups in total. The second-order valence-corrected chi connectivity index (χ2v) is 10.3. The van der Waals surface area contributed by atoms with E-state index in [1.54, 1.807) is 30.3 Å². The van der Waals surface area contributed by atoms with E-state index in [9.17, 15) is 9.59 Å². The van der Waals surface area contributed by atoms with E-state index in [2.05, 4.69) is 31.4 Å². The van der Waals surface area contributed by atoms with Gasteiger partial charge in [-0.1, -0.05) is 69.5 Å². The highest BCUT2D eigenvalue weighted by atomic mass is 79.9. The first-order valence-corrected chi connectivity index (χ1v) is 13.4. The lowest BCUT2D eigenvalue weighted by Crippen LogP contribution is -2.19. The molecule has 200 valence electrons. The van der Waals surface area contributed by atoms with Gasteiger partial charge in [0.1, 0.15) is 22.8 Å². The summed E-state index contributed by atoms with van der Waals surface area (Å²) >= 11 is 9.50. The Hall–Kier alpha value is -4.40. The lowest BCUT2D eigenvalue weighted by molar-refractivity contribution is 0.0730. The minimum Gasteiger partial charge on any atom is -0.496 e. The van der Waals surface area contributed by atoms with Gasteiger partial charge in [0.2, 0.25) is 0 Å². The average molecular weight is 617 g/mol. The average Bonchev–Trinajstić information content (AvgIpc) is 3.33. The number of aromatic amines is 1. The molecule has 0 atom stereocenters. The molecular formula is C31H23BrClN3O4. The van der Waals surface area contributed by atoms with E-state index < -0.39 is 11.9 Å². The van der Waals surface area contributed by atoms with Crippen molar-refractivity contribution in [3.63, 3.8) is 0 Å². The summed E-state index contributed by atoms with van der Waals surface area (Å²) in [4.78, 5) is 29.5. The second kappa shape index (κ2) is 11.8. The van der Waals surface area contributed by atoms with Crippen LogP contribution in [-0.2, 0) is 0 Å². The maximum absolute atomic E-state index is 13.3. The van der Waals surface area contributed by atoms with E-state index >= 15 is 0 Å². The first kappa shape index (κ1) is 27.2. The van der Waals surface area contributed by atoms with E-state index in [1.807, 2.05) is 55.5 Å². The van der Waals surface area contributed by atoms with Crippen LogP contribution in [0.1, 0.15) is 32.0 Å². The lowest BCUT2D eigenvalue weighted by Gasteiger charge is -2.11. The number of nitrogens with one attached hydrogen (secondary N) is 2. The molecule has 7 nitrogen and oxygen atoms in total. The summed E-state index contributed by atoms with van der Waals surface area (Å²) in [7, 11) is 1.46. The van der Waals surface area contributed by atoms with Gasteiger partial charge in [0.15, 0.2) is 0 Å². The number of methoxy groups -OCH3 is 1. The maximum Gasteiger partial charge on any atom is 0.347 e. The van der Waals surface area contributed by atoms with Crippen molar-refractivity contribution in [3.8, 4) is 22.6 Å². The third-order valence-corrected chi connectivity index (χ3v) is 6.90. The van der Waals surface area contributed by atoms with Gasteiger partial charge in [0, 0.05) is 31.5 Å². The van der Waals surface area contributed by atoms with Crippen LogP contribution in [0.5, 0.6) is 11.5 Å². The molecule has 1 aromatic heterocycles. The van der Waals surface area contributed by atoms with Crippen molar-refractivity contribution in [2.24, 2.45) is 5.10 Å². The first-order chi connectivity index (χ1) is 19.3. The summed E-state index contributed by atoms with van der Waals surface area (Å²) in [6, 6.07) is 25.4. The molecule has 4 aromatic carbocycles. The van der Waals surface area contributed by atoms with Crippen molar-refractivity contribution >= 4 is 56.5 Å². The van der Waals surface area contributed by atoms with Crippen molar-refractivity contribution in [3.05, 3.63) is 117 Å². The largest absolute Gasteiger partial charge is 0.496 e. The van der Waals surface area contributed by atoms with Crippen LogP contribution in [0, 0.1) is 6.92 Å². The zero-order chi connectivity index (χ0) is 28.2. The fourth-order valence-electron chi connectivity index (χ4n) is 4.30. The van der Waals surface area contributed by atoms with Gasteiger partial charge in [-0.3, -0.25) is 4.79 Å². The molecule has 0 bridgehead atoms. The highest BCUT2D eigenvalue weighted by Crippen LogP contribution is 2.33. The number of rotatable bonds is 7. The highest BCUT2D eigenvalue weighted by molar-refractivity contribution is 9.10. The number of esters is 1. The van der Waals surface area contributed by atoms with Gasteiger partial charge in [-0.05, 0) is 61.0 Å². The van der Waals surface area contributed by atoms with Gasteiger partial charge < -0.3 is 14.5 Å². The number of aryl methyl sites for hydroxylation is 1. The van der Waals surface area contributed by atoms with E-state index in [0.29, 0.717) is 22.0 Å². The molecule has 0 radical (unpaired) electrons. The third kappa shape index (κ3) is 5.78. The van der Waals surface area contributed by atoms with Crippen molar-refractivity contribution in [2.75, 3.05) is 7.11 Å². The molecule has 0 aliphatic heterocycles. The van der Waals surface area contributed by atoms with Crippen LogP contribution in [0.4, 0.5) is 0 Å². The normalized spacial score (nSPS) is 11.1. The number of hydrogen-bond acceptors (Lipinski definition) is 5. The molecule has 1 amide bonds.